The van der Waals surface area contributed by atoms with Crippen LogP contribution in [0.1, 0.15) is 28.8 Å². The van der Waals surface area contributed by atoms with E-state index >= 15 is 0 Å². The van der Waals surface area contributed by atoms with Gasteiger partial charge in [0.15, 0.2) is 0 Å². The van der Waals surface area contributed by atoms with E-state index in [0.717, 1.165) is 37.2 Å². The second kappa shape index (κ2) is 9.18. The molecule has 1 amide bonds. The fourth-order valence-corrected chi connectivity index (χ4v) is 3.06. The number of pyridine rings is 1. The van der Waals surface area contributed by atoms with Gasteiger partial charge in [0.25, 0.3) is 5.91 Å². The Morgan fingerprint density at radius 3 is 3.08 bits per heavy atom. The maximum absolute atomic E-state index is 12.3. The first kappa shape index (κ1) is 17.4. The summed E-state index contributed by atoms with van der Waals surface area (Å²) in [6, 6.07) is 11.7. The zero-order valence-electron chi connectivity index (χ0n) is 14.4. The van der Waals surface area contributed by atoms with Crippen molar-refractivity contribution in [1.82, 2.24) is 15.6 Å². The van der Waals surface area contributed by atoms with Crippen molar-refractivity contribution in [3.05, 3.63) is 59.9 Å². The first-order chi connectivity index (χ1) is 12.3. The van der Waals surface area contributed by atoms with Crippen molar-refractivity contribution in [2.24, 2.45) is 5.92 Å². The van der Waals surface area contributed by atoms with Crippen molar-refractivity contribution < 1.29 is 9.53 Å². The van der Waals surface area contributed by atoms with Crippen LogP contribution in [0.5, 0.6) is 5.75 Å². The average Bonchev–Trinajstić information content (AvgIpc) is 3.15. The number of nitrogens with zero attached hydrogens (tertiary/aromatic N) is 1. The molecule has 1 aromatic carbocycles. The number of rotatable bonds is 8. The third-order valence-electron chi connectivity index (χ3n) is 4.39. The maximum atomic E-state index is 12.3. The first-order valence-corrected chi connectivity index (χ1v) is 8.92. The number of hydrogen-bond acceptors (Lipinski definition) is 4. The van der Waals surface area contributed by atoms with Gasteiger partial charge in [-0.1, -0.05) is 12.1 Å². The lowest BCUT2D eigenvalue weighted by Crippen LogP contribution is -2.25. The Morgan fingerprint density at radius 2 is 2.28 bits per heavy atom. The summed E-state index contributed by atoms with van der Waals surface area (Å²) in [5.41, 5.74) is 1.97. The molecule has 1 aliphatic rings. The van der Waals surface area contributed by atoms with Gasteiger partial charge in [-0.15, -0.1) is 0 Å². The van der Waals surface area contributed by atoms with E-state index in [4.69, 9.17) is 4.74 Å². The Kier molecular flexibility index (Phi) is 6.40. The Labute approximate surface area is 148 Å². The van der Waals surface area contributed by atoms with Crippen LogP contribution in [0.15, 0.2) is 48.8 Å². The van der Waals surface area contributed by atoms with Gasteiger partial charge in [0.2, 0.25) is 0 Å². The second-order valence-corrected chi connectivity index (χ2v) is 6.41. The van der Waals surface area contributed by atoms with Crippen molar-refractivity contribution in [2.75, 3.05) is 26.2 Å². The molecule has 1 saturated heterocycles. The Bertz CT molecular complexity index is 670. The van der Waals surface area contributed by atoms with Crippen molar-refractivity contribution in [2.45, 2.75) is 19.3 Å². The lowest BCUT2D eigenvalue weighted by Gasteiger charge is -2.10. The summed E-state index contributed by atoms with van der Waals surface area (Å²) >= 11 is 0. The highest BCUT2D eigenvalue weighted by molar-refractivity contribution is 5.94. The summed E-state index contributed by atoms with van der Waals surface area (Å²) in [7, 11) is 0. The van der Waals surface area contributed by atoms with Crippen LogP contribution in [-0.4, -0.2) is 37.1 Å². The fourth-order valence-electron chi connectivity index (χ4n) is 3.06. The van der Waals surface area contributed by atoms with E-state index in [1.54, 1.807) is 12.4 Å². The third kappa shape index (κ3) is 5.57. The fraction of sp³-hybridized carbons (Fsp3) is 0.400. The first-order valence-electron chi connectivity index (χ1n) is 8.92. The monoisotopic (exact) mass is 339 g/mol. The van der Waals surface area contributed by atoms with Gasteiger partial charge in [0.1, 0.15) is 5.75 Å². The topological polar surface area (TPSA) is 63.2 Å². The van der Waals surface area contributed by atoms with E-state index in [1.165, 1.54) is 12.0 Å². The van der Waals surface area contributed by atoms with Crippen LogP contribution < -0.4 is 15.4 Å². The molecule has 2 N–H and O–H groups in total. The number of ether oxygens (including phenoxy) is 1. The molecular formula is C20H25N3O2. The lowest BCUT2D eigenvalue weighted by atomic mass is 9.97. The molecule has 0 radical (unpaired) electrons. The number of carbonyl (C=O) groups is 1. The van der Waals surface area contributed by atoms with Gasteiger partial charge in [-0.3, -0.25) is 9.78 Å². The standard InChI is InChI=1S/C20H25N3O2/c24-20(23-9-3-11-25-19-6-2-8-21-15-19)18-5-1-4-16(13-18)12-17-7-10-22-14-17/h1-2,4-6,8,13,15,17,22H,3,7,9-12,14H2,(H,23,24). The Morgan fingerprint density at radius 1 is 1.32 bits per heavy atom. The molecule has 0 saturated carbocycles. The van der Waals surface area contributed by atoms with Crippen molar-refractivity contribution in [3.8, 4) is 5.75 Å². The number of carbonyl (C=O) groups excluding carboxylic acids is 1. The number of aromatic nitrogens is 1. The van der Waals surface area contributed by atoms with Gasteiger partial charge in [0, 0.05) is 18.3 Å². The van der Waals surface area contributed by atoms with Crippen LogP contribution in [-0.2, 0) is 6.42 Å². The second-order valence-electron chi connectivity index (χ2n) is 6.41. The SMILES string of the molecule is O=C(NCCCOc1cccnc1)c1cccc(CC2CCNC2)c1. The minimum Gasteiger partial charge on any atom is -0.492 e. The van der Waals surface area contributed by atoms with Gasteiger partial charge < -0.3 is 15.4 Å². The molecule has 0 spiro atoms. The molecule has 2 aromatic rings. The number of amides is 1. The highest BCUT2D eigenvalue weighted by Gasteiger charge is 2.15. The molecule has 0 aliphatic carbocycles. The molecular weight excluding hydrogens is 314 g/mol. The summed E-state index contributed by atoms with van der Waals surface area (Å²) < 4.78 is 5.57. The smallest absolute Gasteiger partial charge is 0.251 e. The summed E-state index contributed by atoms with van der Waals surface area (Å²) in [4.78, 5) is 16.3. The third-order valence-corrected chi connectivity index (χ3v) is 4.39. The van der Waals surface area contributed by atoms with E-state index in [-0.39, 0.29) is 5.91 Å². The van der Waals surface area contributed by atoms with Gasteiger partial charge in [-0.05, 0) is 68.1 Å². The van der Waals surface area contributed by atoms with Crippen molar-refractivity contribution >= 4 is 5.91 Å². The molecule has 3 rings (SSSR count). The highest BCUT2D eigenvalue weighted by Crippen LogP contribution is 2.16. The molecule has 132 valence electrons. The number of benzene rings is 1. The molecule has 1 aromatic heterocycles. The van der Waals surface area contributed by atoms with Crippen LogP contribution in [0, 0.1) is 5.92 Å². The molecule has 1 unspecified atom stereocenters. The van der Waals surface area contributed by atoms with E-state index in [1.807, 2.05) is 30.3 Å². The molecule has 1 aliphatic heterocycles. The minimum atomic E-state index is -0.0206. The molecule has 1 fully saturated rings. The molecule has 5 heteroatoms. The van der Waals surface area contributed by atoms with Crippen molar-refractivity contribution in [1.29, 1.82) is 0 Å². The highest BCUT2D eigenvalue weighted by atomic mass is 16.5. The van der Waals surface area contributed by atoms with E-state index in [2.05, 4.69) is 21.7 Å². The molecule has 1 atom stereocenters. The maximum Gasteiger partial charge on any atom is 0.251 e. The van der Waals surface area contributed by atoms with E-state index in [0.29, 0.717) is 19.1 Å². The van der Waals surface area contributed by atoms with Crippen LogP contribution >= 0.6 is 0 Å². The molecule has 2 heterocycles. The summed E-state index contributed by atoms with van der Waals surface area (Å²) in [6.07, 6.45) is 6.41. The zero-order chi connectivity index (χ0) is 17.3. The quantitative estimate of drug-likeness (QED) is 0.725. The molecule has 0 bridgehead atoms. The largest absolute Gasteiger partial charge is 0.492 e. The molecule has 25 heavy (non-hydrogen) atoms. The zero-order valence-corrected chi connectivity index (χ0v) is 14.4. The average molecular weight is 339 g/mol. The van der Waals surface area contributed by atoms with Crippen LogP contribution in [0.3, 0.4) is 0 Å². The van der Waals surface area contributed by atoms with E-state index < -0.39 is 0 Å². The summed E-state index contributed by atoms with van der Waals surface area (Å²) in [6.45, 7) is 3.33. The Hall–Kier alpha value is -2.40. The summed E-state index contributed by atoms with van der Waals surface area (Å²) in [5, 5.41) is 6.35. The molecule has 5 nitrogen and oxygen atoms in total. The van der Waals surface area contributed by atoms with Crippen LogP contribution in [0.2, 0.25) is 0 Å². The lowest BCUT2D eigenvalue weighted by molar-refractivity contribution is 0.0951. The van der Waals surface area contributed by atoms with Gasteiger partial charge in [0.05, 0.1) is 12.8 Å². The predicted molar refractivity (Wildman–Crippen MR) is 97.8 cm³/mol. The minimum absolute atomic E-state index is 0.0206. The number of nitrogens with one attached hydrogen (secondary N) is 2. The van der Waals surface area contributed by atoms with Gasteiger partial charge in [-0.2, -0.15) is 0 Å². The van der Waals surface area contributed by atoms with Gasteiger partial charge >= 0.3 is 0 Å². The summed E-state index contributed by atoms with van der Waals surface area (Å²) in [5.74, 6) is 1.42. The van der Waals surface area contributed by atoms with Gasteiger partial charge in [-0.25, -0.2) is 0 Å². The van der Waals surface area contributed by atoms with E-state index in [9.17, 15) is 4.79 Å². The number of hydrogen-bond donors (Lipinski definition) is 2. The van der Waals surface area contributed by atoms with Crippen LogP contribution in [0.4, 0.5) is 0 Å². The normalized spacial score (nSPS) is 16.6. The predicted octanol–water partition coefficient (Wildman–Crippen LogP) is 2.43. The Balaban J connectivity index is 1.40. The van der Waals surface area contributed by atoms with Crippen LogP contribution in [0.25, 0.3) is 0 Å². The van der Waals surface area contributed by atoms with Crippen molar-refractivity contribution in [3.63, 3.8) is 0 Å².